The molecule has 0 aromatic heterocycles. The minimum Gasteiger partial charge on any atom is -0.356 e. The van der Waals surface area contributed by atoms with Crippen LogP contribution < -0.4 is 5.32 Å². The first-order valence-corrected chi connectivity index (χ1v) is 9.93. The number of carbonyl (C=O) groups is 2. The number of nitrogens with one attached hydrogen (secondary N) is 1. The lowest BCUT2D eigenvalue weighted by Gasteiger charge is -2.30. The summed E-state index contributed by atoms with van der Waals surface area (Å²) < 4.78 is 0. The van der Waals surface area contributed by atoms with Crippen LogP contribution >= 0.6 is 0 Å². The summed E-state index contributed by atoms with van der Waals surface area (Å²) in [5.41, 5.74) is 0. The first-order chi connectivity index (χ1) is 11.6. The highest BCUT2D eigenvalue weighted by Gasteiger charge is 2.38. The van der Waals surface area contributed by atoms with E-state index < -0.39 is 0 Å². The molecule has 0 radical (unpaired) electrons. The van der Waals surface area contributed by atoms with Crippen LogP contribution in [0.5, 0.6) is 0 Å². The van der Waals surface area contributed by atoms with Crippen molar-refractivity contribution in [1.82, 2.24) is 15.1 Å². The second-order valence-electron chi connectivity index (χ2n) is 8.05. The van der Waals surface area contributed by atoms with Crippen molar-refractivity contribution in [3.05, 3.63) is 0 Å². The van der Waals surface area contributed by atoms with Gasteiger partial charge in [-0.05, 0) is 57.7 Å². The van der Waals surface area contributed by atoms with E-state index in [2.05, 4.69) is 17.1 Å². The van der Waals surface area contributed by atoms with Crippen LogP contribution in [0.1, 0.15) is 58.3 Å². The van der Waals surface area contributed by atoms with Crippen molar-refractivity contribution in [3.63, 3.8) is 0 Å². The number of nitrogens with zero attached hydrogens (tertiary/aromatic N) is 2. The SMILES string of the molecule is CC1CCN(CCCNC(=O)C2CC(=O)N(C3CCCC3)C2)CC1. The highest BCUT2D eigenvalue weighted by molar-refractivity contribution is 5.89. The molecule has 1 aliphatic carbocycles. The maximum atomic E-state index is 12.3. The van der Waals surface area contributed by atoms with Crippen LogP contribution in [0, 0.1) is 11.8 Å². The van der Waals surface area contributed by atoms with Gasteiger partial charge in [0.15, 0.2) is 0 Å². The third-order valence-electron chi connectivity index (χ3n) is 6.12. The Bertz CT molecular complexity index is 440. The van der Waals surface area contributed by atoms with Gasteiger partial charge in [-0.3, -0.25) is 9.59 Å². The molecule has 1 unspecified atom stereocenters. The maximum absolute atomic E-state index is 12.3. The first kappa shape index (κ1) is 17.7. The maximum Gasteiger partial charge on any atom is 0.225 e. The quantitative estimate of drug-likeness (QED) is 0.756. The first-order valence-electron chi connectivity index (χ1n) is 9.93. The molecule has 5 nitrogen and oxygen atoms in total. The molecule has 136 valence electrons. The molecule has 24 heavy (non-hydrogen) atoms. The van der Waals surface area contributed by atoms with Gasteiger partial charge >= 0.3 is 0 Å². The van der Waals surface area contributed by atoms with Gasteiger partial charge in [0.2, 0.25) is 11.8 Å². The lowest BCUT2D eigenvalue weighted by atomic mass is 9.99. The number of hydrogen-bond donors (Lipinski definition) is 1. The van der Waals surface area contributed by atoms with Gasteiger partial charge in [0.05, 0.1) is 5.92 Å². The summed E-state index contributed by atoms with van der Waals surface area (Å²) in [6.45, 7) is 7.17. The van der Waals surface area contributed by atoms with Gasteiger partial charge in [-0.25, -0.2) is 0 Å². The number of rotatable bonds is 6. The van der Waals surface area contributed by atoms with E-state index in [0.29, 0.717) is 19.0 Å². The zero-order valence-corrected chi connectivity index (χ0v) is 15.1. The summed E-state index contributed by atoms with van der Waals surface area (Å²) in [4.78, 5) is 29.0. The lowest BCUT2D eigenvalue weighted by Crippen LogP contribution is -2.38. The smallest absolute Gasteiger partial charge is 0.225 e. The number of likely N-dealkylation sites (tertiary alicyclic amines) is 2. The zero-order chi connectivity index (χ0) is 16.9. The monoisotopic (exact) mass is 335 g/mol. The van der Waals surface area contributed by atoms with Crippen LogP contribution in [0.4, 0.5) is 0 Å². The van der Waals surface area contributed by atoms with Gasteiger partial charge in [-0.1, -0.05) is 19.8 Å². The molecule has 2 saturated heterocycles. The minimum atomic E-state index is -0.131. The Morgan fingerprint density at radius 3 is 2.58 bits per heavy atom. The third kappa shape index (κ3) is 4.50. The van der Waals surface area contributed by atoms with E-state index in [1.54, 1.807) is 0 Å². The molecular weight excluding hydrogens is 302 g/mol. The molecule has 1 N–H and O–H groups in total. The molecule has 3 fully saturated rings. The van der Waals surface area contributed by atoms with E-state index in [4.69, 9.17) is 0 Å². The van der Waals surface area contributed by atoms with E-state index in [1.807, 2.05) is 4.90 Å². The van der Waals surface area contributed by atoms with Gasteiger partial charge in [0, 0.05) is 25.6 Å². The van der Waals surface area contributed by atoms with Crippen molar-refractivity contribution in [2.75, 3.05) is 32.7 Å². The summed E-state index contributed by atoms with van der Waals surface area (Å²) in [6, 6.07) is 0.400. The number of piperidine rings is 1. The molecular formula is C19H33N3O2. The Morgan fingerprint density at radius 1 is 1.17 bits per heavy atom. The van der Waals surface area contributed by atoms with E-state index in [1.165, 1.54) is 38.8 Å². The summed E-state index contributed by atoms with van der Waals surface area (Å²) in [5.74, 6) is 0.998. The molecule has 0 spiro atoms. The van der Waals surface area contributed by atoms with Crippen LogP contribution in [0.15, 0.2) is 0 Å². The fourth-order valence-electron chi connectivity index (χ4n) is 4.42. The summed E-state index contributed by atoms with van der Waals surface area (Å²) in [7, 11) is 0. The Hall–Kier alpha value is -1.10. The zero-order valence-electron chi connectivity index (χ0n) is 15.1. The number of amides is 2. The van der Waals surface area contributed by atoms with E-state index in [9.17, 15) is 9.59 Å². The van der Waals surface area contributed by atoms with Crippen LogP contribution in [-0.4, -0.2) is 60.4 Å². The number of hydrogen-bond acceptors (Lipinski definition) is 3. The van der Waals surface area contributed by atoms with Gasteiger partial charge in [0.25, 0.3) is 0 Å². The van der Waals surface area contributed by atoms with Gasteiger partial charge in [-0.2, -0.15) is 0 Å². The third-order valence-corrected chi connectivity index (χ3v) is 6.12. The highest BCUT2D eigenvalue weighted by atomic mass is 16.2. The summed E-state index contributed by atoms with van der Waals surface area (Å²) >= 11 is 0. The van der Waals surface area contributed by atoms with Crippen molar-refractivity contribution >= 4 is 11.8 Å². The molecule has 0 aromatic rings. The normalized spacial score (nSPS) is 27.1. The second-order valence-corrected chi connectivity index (χ2v) is 8.05. The molecule has 2 amide bonds. The Balaban J connectivity index is 1.33. The minimum absolute atomic E-state index is 0.0797. The van der Waals surface area contributed by atoms with Crippen molar-refractivity contribution < 1.29 is 9.59 Å². The molecule has 0 aromatic carbocycles. The summed E-state index contributed by atoms with van der Waals surface area (Å²) in [5, 5.41) is 3.06. The fraction of sp³-hybridized carbons (Fsp3) is 0.895. The van der Waals surface area contributed by atoms with Crippen molar-refractivity contribution in [2.45, 2.75) is 64.3 Å². The molecule has 1 atom stereocenters. The Labute approximate surface area is 146 Å². The molecule has 5 heteroatoms. The topological polar surface area (TPSA) is 52.7 Å². The van der Waals surface area contributed by atoms with E-state index in [-0.39, 0.29) is 17.7 Å². The van der Waals surface area contributed by atoms with Crippen LogP contribution in [-0.2, 0) is 9.59 Å². The molecule has 2 aliphatic heterocycles. The van der Waals surface area contributed by atoms with Crippen molar-refractivity contribution in [3.8, 4) is 0 Å². The van der Waals surface area contributed by atoms with Crippen molar-refractivity contribution in [1.29, 1.82) is 0 Å². The molecule has 1 saturated carbocycles. The Kier molecular flexibility index (Phi) is 6.14. The molecule has 2 heterocycles. The predicted octanol–water partition coefficient (Wildman–Crippen LogP) is 2.02. The van der Waals surface area contributed by atoms with E-state index >= 15 is 0 Å². The van der Waals surface area contributed by atoms with Crippen LogP contribution in [0.25, 0.3) is 0 Å². The molecule has 3 aliphatic rings. The van der Waals surface area contributed by atoms with Crippen molar-refractivity contribution in [2.24, 2.45) is 11.8 Å². The standard InChI is InChI=1S/C19H33N3O2/c1-15-7-11-21(12-8-15)10-4-9-20-19(24)16-13-18(23)22(14-16)17-5-2-3-6-17/h15-17H,2-14H2,1H3,(H,20,24). The van der Waals surface area contributed by atoms with Gasteiger partial charge < -0.3 is 15.1 Å². The largest absolute Gasteiger partial charge is 0.356 e. The van der Waals surface area contributed by atoms with Crippen LogP contribution in [0.3, 0.4) is 0 Å². The average molecular weight is 335 g/mol. The average Bonchev–Trinajstić information content (AvgIpc) is 3.22. The van der Waals surface area contributed by atoms with Gasteiger partial charge in [-0.15, -0.1) is 0 Å². The van der Waals surface area contributed by atoms with E-state index in [0.717, 1.165) is 38.3 Å². The highest BCUT2D eigenvalue weighted by Crippen LogP contribution is 2.29. The predicted molar refractivity (Wildman–Crippen MR) is 94.5 cm³/mol. The molecule has 3 rings (SSSR count). The lowest BCUT2D eigenvalue weighted by molar-refractivity contribution is -0.130. The number of carbonyl (C=O) groups excluding carboxylic acids is 2. The summed E-state index contributed by atoms with van der Waals surface area (Å²) in [6.07, 6.45) is 8.70. The Morgan fingerprint density at radius 2 is 1.88 bits per heavy atom. The second kappa shape index (κ2) is 8.32. The fourth-order valence-corrected chi connectivity index (χ4v) is 4.42. The van der Waals surface area contributed by atoms with Gasteiger partial charge in [0.1, 0.15) is 0 Å². The molecule has 0 bridgehead atoms. The van der Waals surface area contributed by atoms with Crippen LogP contribution in [0.2, 0.25) is 0 Å².